The van der Waals surface area contributed by atoms with Crippen LogP contribution in [0.5, 0.6) is 0 Å². The molecule has 0 radical (unpaired) electrons. The molecule has 7 heteroatoms. The normalized spacial score (nSPS) is 10.9. The van der Waals surface area contributed by atoms with Crippen LogP contribution in [0.4, 0.5) is 5.13 Å². The van der Waals surface area contributed by atoms with E-state index in [9.17, 15) is 4.79 Å². The first kappa shape index (κ1) is 22.6. The summed E-state index contributed by atoms with van der Waals surface area (Å²) in [6.07, 6.45) is 0.265. The minimum Gasteiger partial charge on any atom is -0.308 e. The molecular formula is C21H25Cl2N3OS. The van der Waals surface area contributed by atoms with Crippen molar-refractivity contribution in [1.29, 1.82) is 0 Å². The van der Waals surface area contributed by atoms with Gasteiger partial charge in [0.2, 0.25) is 5.91 Å². The largest absolute Gasteiger partial charge is 0.308 e. The number of fused-ring (bicyclic) bond motifs is 1. The molecule has 0 aliphatic rings. The number of likely N-dealkylation sites (N-methyl/N-ethyl adjacent to an activating group) is 1. The maximum atomic E-state index is 13.1. The van der Waals surface area contributed by atoms with E-state index in [1.807, 2.05) is 38.4 Å². The number of hydrogen-bond donors (Lipinski definition) is 0. The topological polar surface area (TPSA) is 36.4 Å². The van der Waals surface area contributed by atoms with Crippen LogP contribution in [0.2, 0.25) is 5.02 Å². The summed E-state index contributed by atoms with van der Waals surface area (Å²) in [4.78, 5) is 21.8. The predicted octanol–water partition coefficient (Wildman–Crippen LogP) is 5.13. The van der Waals surface area contributed by atoms with Gasteiger partial charge >= 0.3 is 0 Å². The highest BCUT2D eigenvalue weighted by Gasteiger charge is 2.21. The van der Waals surface area contributed by atoms with Gasteiger partial charge in [-0.3, -0.25) is 9.69 Å². The molecule has 0 aliphatic heterocycles. The summed E-state index contributed by atoms with van der Waals surface area (Å²) in [5.74, 6) is 0.0124. The maximum absolute atomic E-state index is 13.1. The molecule has 0 unspecified atom stereocenters. The number of nitrogens with zero attached hydrogens (tertiary/aromatic N) is 3. The molecule has 1 heterocycles. The molecule has 1 amide bonds. The fraction of sp³-hybridized carbons (Fsp3) is 0.333. The molecule has 0 saturated carbocycles. The zero-order valence-corrected chi connectivity index (χ0v) is 18.9. The van der Waals surface area contributed by atoms with Crippen molar-refractivity contribution in [3.05, 3.63) is 58.1 Å². The Balaban J connectivity index is 0.00000280. The van der Waals surface area contributed by atoms with E-state index in [2.05, 4.69) is 30.9 Å². The van der Waals surface area contributed by atoms with Crippen LogP contribution in [0, 0.1) is 13.8 Å². The third-order valence-electron chi connectivity index (χ3n) is 4.42. The van der Waals surface area contributed by atoms with Crippen LogP contribution in [0.15, 0.2) is 36.4 Å². The van der Waals surface area contributed by atoms with Crippen molar-refractivity contribution >= 4 is 56.6 Å². The SMILES string of the molecule is Cc1cc(C)c2nc(N(CCN(C)C)C(=O)Cc3ccccc3Cl)sc2c1.Cl. The van der Waals surface area contributed by atoms with Gasteiger partial charge < -0.3 is 4.90 Å². The maximum Gasteiger partial charge on any atom is 0.233 e. The lowest BCUT2D eigenvalue weighted by Gasteiger charge is -2.22. The monoisotopic (exact) mass is 437 g/mol. The number of aryl methyl sites for hydroxylation is 2. The van der Waals surface area contributed by atoms with Crippen molar-refractivity contribution in [2.24, 2.45) is 0 Å². The number of hydrogen-bond acceptors (Lipinski definition) is 4. The summed E-state index contributed by atoms with van der Waals surface area (Å²) >= 11 is 7.83. The molecule has 0 spiro atoms. The minimum atomic E-state index is 0. The molecule has 150 valence electrons. The third kappa shape index (κ3) is 5.23. The van der Waals surface area contributed by atoms with E-state index in [1.54, 1.807) is 16.2 Å². The van der Waals surface area contributed by atoms with Crippen molar-refractivity contribution in [3.63, 3.8) is 0 Å². The minimum absolute atomic E-state index is 0. The highest BCUT2D eigenvalue weighted by atomic mass is 35.5. The number of thiazole rings is 1. The molecule has 28 heavy (non-hydrogen) atoms. The molecule has 1 aromatic heterocycles. The van der Waals surface area contributed by atoms with Gasteiger partial charge in [-0.15, -0.1) is 12.4 Å². The highest BCUT2D eigenvalue weighted by molar-refractivity contribution is 7.22. The molecule has 0 saturated heterocycles. The Bertz CT molecular complexity index is 971. The molecule has 0 N–H and O–H groups in total. The number of rotatable bonds is 6. The van der Waals surface area contributed by atoms with Crippen LogP contribution < -0.4 is 4.90 Å². The van der Waals surface area contributed by atoms with Gasteiger partial charge in [0.1, 0.15) is 0 Å². The number of carbonyl (C=O) groups is 1. The summed E-state index contributed by atoms with van der Waals surface area (Å²) in [6.45, 7) is 5.50. The van der Waals surface area contributed by atoms with Gasteiger partial charge in [0.05, 0.1) is 16.6 Å². The second-order valence-corrected chi connectivity index (χ2v) is 8.46. The molecule has 3 aromatic rings. The highest BCUT2D eigenvalue weighted by Crippen LogP contribution is 2.32. The van der Waals surface area contributed by atoms with E-state index in [-0.39, 0.29) is 24.7 Å². The van der Waals surface area contributed by atoms with Crippen molar-refractivity contribution in [2.75, 3.05) is 32.1 Å². The quantitative estimate of drug-likeness (QED) is 0.536. The van der Waals surface area contributed by atoms with Crippen LogP contribution in [0.25, 0.3) is 10.2 Å². The summed E-state index contributed by atoms with van der Waals surface area (Å²) in [7, 11) is 4.01. The number of aromatic nitrogens is 1. The van der Waals surface area contributed by atoms with Crippen molar-refractivity contribution in [1.82, 2.24) is 9.88 Å². The molecule has 3 rings (SSSR count). The lowest BCUT2D eigenvalue weighted by Crippen LogP contribution is -2.37. The Kier molecular flexibility index (Phi) is 7.84. The average Bonchev–Trinajstić information content (AvgIpc) is 3.00. The standard InChI is InChI=1S/C21H24ClN3OS.ClH/c1-14-11-15(2)20-18(12-14)27-21(23-20)25(10-9-24(3)4)19(26)13-16-7-5-6-8-17(16)22;/h5-8,11-12H,9-10,13H2,1-4H3;1H. The van der Waals surface area contributed by atoms with Crippen LogP contribution in [0.1, 0.15) is 16.7 Å². The summed E-state index contributed by atoms with van der Waals surface area (Å²) in [5, 5.41) is 1.37. The second kappa shape index (κ2) is 9.70. The molecule has 0 atom stereocenters. The number of anilines is 1. The van der Waals surface area contributed by atoms with Gasteiger partial charge in [-0.1, -0.05) is 47.2 Å². The smallest absolute Gasteiger partial charge is 0.233 e. The Hall–Kier alpha value is -1.66. The number of halogens is 2. The van der Waals surface area contributed by atoms with Crippen LogP contribution in [-0.4, -0.2) is 43.0 Å². The van der Waals surface area contributed by atoms with Gasteiger partial charge in [-0.05, 0) is 56.8 Å². The summed E-state index contributed by atoms with van der Waals surface area (Å²) in [6, 6.07) is 11.8. The van der Waals surface area contributed by atoms with Gasteiger partial charge in [-0.2, -0.15) is 0 Å². The lowest BCUT2D eigenvalue weighted by molar-refractivity contribution is -0.118. The molecule has 2 aromatic carbocycles. The van der Waals surface area contributed by atoms with Gasteiger partial charge in [0.15, 0.2) is 5.13 Å². The van der Waals surface area contributed by atoms with Gasteiger partial charge in [-0.25, -0.2) is 4.98 Å². The Morgan fingerprint density at radius 2 is 1.86 bits per heavy atom. The second-order valence-electron chi connectivity index (χ2n) is 7.04. The number of amides is 1. The third-order valence-corrected chi connectivity index (χ3v) is 5.81. The van der Waals surface area contributed by atoms with Crippen molar-refractivity contribution in [3.8, 4) is 0 Å². The molecule has 0 bridgehead atoms. The summed E-state index contributed by atoms with van der Waals surface area (Å²) < 4.78 is 1.11. The fourth-order valence-corrected chi connectivity index (χ4v) is 4.39. The first-order valence-corrected chi connectivity index (χ1v) is 10.1. The predicted molar refractivity (Wildman–Crippen MR) is 122 cm³/mol. The van der Waals surface area contributed by atoms with Crippen molar-refractivity contribution in [2.45, 2.75) is 20.3 Å². The fourth-order valence-electron chi connectivity index (χ4n) is 3.00. The molecule has 0 aliphatic carbocycles. The Labute approximate surface area is 181 Å². The Morgan fingerprint density at radius 1 is 1.14 bits per heavy atom. The number of carbonyl (C=O) groups excluding carboxylic acids is 1. The van der Waals surface area contributed by atoms with E-state index in [4.69, 9.17) is 16.6 Å². The first-order valence-electron chi connectivity index (χ1n) is 8.91. The molecular weight excluding hydrogens is 413 g/mol. The first-order chi connectivity index (χ1) is 12.8. The lowest BCUT2D eigenvalue weighted by atomic mass is 10.1. The summed E-state index contributed by atoms with van der Waals surface area (Å²) in [5.41, 5.74) is 4.16. The molecule has 0 fully saturated rings. The van der Waals surface area contributed by atoms with E-state index in [1.165, 1.54) is 5.56 Å². The van der Waals surface area contributed by atoms with Crippen LogP contribution >= 0.6 is 35.3 Å². The van der Waals surface area contributed by atoms with E-state index >= 15 is 0 Å². The van der Waals surface area contributed by atoms with E-state index < -0.39 is 0 Å². The van der Waals surface area contributed by atoms with Gasteiger partial charge in [0, 0.05) is 18.1 Å². The van der Waals surface area contributed by atoms with Crippen molar-refractivity contribution < 1.29 is 4.79 Å². The van der Waals surface area contributed by atoms with Crippen LogP contribution in [0.3, 0.4) is 0 Å². The van der Waals surface area contributed by atoms with Crippen LogP contribution in [-0.2, 0) is 11.2 Å². The zero-order chi connectivity index (χ0) is 19.6. The van der Waals surface area contributed by atoms with Gasteiger partial charge in [0.25, 0.3) is 0 Å². The average molecular weight is 438 g/mol. The van der Waals surface area contributed by atoms with E-state index in [0.717, 1.165) is 33.0 Å². The zero-order valence-electron chi connectivity index (χ0n) is 16.5. The molecule has 4 nitrogen and oxygen atoms in total. The number of benzene rings is 2. The van der Waals surface area contributed by atoms with E-state index in [0.29, 0.717) is 11.6 Å². The Morgan fingerprint density at radius 3 is 2.54 bits per heavy atom.